The van der Waals surface area contributed by atoms with Gasteiger partial charge in [0.05, 0.1) is 6.10 Å². The standard InChI is InChI=1S/C16H32O3.C7H6O5/c1-2-3-9-12-15(17)13-10-7-5-4-6-8-11-14-16(18)19;8-3-1-4(9)6(7(11)12)5(10)2-3/h15,17H,2-14H2,1H3,(H,18,19);1-2,8-10H,(H,11,12)/t15-;/m0./s1. The maximum absolute atomic E-state index is 10.4. The van der Waals surface area contributed by atoms with Gasteiger partial charge in [0.1, 0.15) is 22.8 Å². The van der Waals surface area contributed by atoms with Crippen LogP contribution in [-0.2, 0) is 4.79 Å². The predicted octanol–water partition coefficient (Wildman–Crippen LogP) is 5.02. The first-order valence-electron chi connectivity index (χ1n) is 11.1. The lowest BCUT2D eigenvalue weighted by Crippen LogP contribution is -2.05. The summed E-state index contributed by atoms with van der Waals surface area (Å²) in [6, 6.07) is 1.67. The van der Waals surface area contributed by atoms with Gasteiger partial charge in [0.15, 0.2) is 0 Å². The van der Waals surface area contributed by atoms with Crippen LogP contribution < -0.4 is 0 Å². The number of benzene rings is 1. The molecule has 8 heteroatoms. The van der Waals surface area contributed by atoms with Gasteiger partial charge >= 0.3 is 11.9 Å². The Kier molecular flexibility index (Phi) is 15.8. The Bertz CT molecular complexity index is 621. The fourth-order valence-corrected chi connectivity index (χ4v) is 3.13. The zero-order valence-corrected chi connectivity index (χ0v) is 18.4. The summed E-state index contributed by atoms with van der Waals surface area (Å²) in [4.78, 5) is 20.7. The summed E-state index contributed by atoms with van der Waals surface area (Å²) in [5.74, 6) is -3.86. The number of hydrogen-bond donors (Lipinski definition) is 6. The lowest BCUT2D eigenvalue weighted by Gasteiger charge is -2.09. The lowest BCUT2D eigenvalue weighted by atomic mass is 10.0. The van der Waals surface area contributed by atoms with Gasteiger partial charge in [-0.15, -0.1) is 0 Å². The van der Waals surface area contributed by atoms with Crippen molar-refractivity contribution in [3.8, 4) is 17.2 Å². The highest BCUT2D eigenvalue weighted by Gasteiger charge is 2.16. The average Bonchev–Trinajstić information content (AvgIpc) is 2.66. The third-order valence-corrected chi connectivity index (χ3v) is 4.86. The number of aliphatic hydroxyl groups is 1. The van der Waals surface area contributed by atoms with Gasteiger partial charge in [0.25, 0.3) is 0 Å². The highest BCUT2D eigenvalue weighted by atomic mass is 16.4. The van der Waals surface area contributed by atoms with E-state index in [2.05, 4.69) is 6.92 Å². The molecule has 0 amide bonds. The molecule has 1 aromatic carbocycles. The summed E-state index contributed by atoms with van der Waals surface area (Å²) in [5, 5.41) is 53.3. The summed E-state index contributed by atoms with van der Waals surface area (Å²) in [6.45, 7) is 2.18. The zero-order chi connectivity index (χ0) is 23.6. The number of hydrogen-bond acceptors (Lipinski definition) is 6. The normalized spacial score (nSPS) is 11.4. The van der Waals surface area contributed by atoms with Crippen LogP contribution in [0.4, 0.5) is 0 Å². The van der Waals surface area contributed by atoms with Crippen LogP contribution in [0.5, 0.6) is 17.2 Å². The molecular formula is C23H38O8. The monoisotopic (exact) mass is 442 g/mol. The first-order valence-corrected chi connectivity index (χ1v) is 11.1. The first-order chi connectivity index (χ1) is 14.7. The molecule has 0 unspecified atom stereocenters. The van der Waals surface area contributed by atoms with E-state index in [0.717, 1.165) is 57.1 Å². The van der Waals surface area contributed by atoms with Crippen molar-refractivity contribution in [1.29, 1.82) is 0 Å². The van der Waals surface area contributed by atoms with E-state index in [1.807, 2.05) is 0 Å². The quantitative estimate of drug-likeness (QED) is 0.207. The van der Waals surface area contributed by atoms with Gasteiger partial charge in [0, 0.05) is 18.6 Å². The second-order valence-electron chi connectivity index (χ2n) is 7.72. The van der Waals surface area contributed by atoms with Crippen LogP contribution in [0.3, 0.4) is 0 Å². The summed E-state index contributed by atoms with van der Waals surface area (Å²) in [5.41, 5.74) is -0.618. The molecule has 0 aliphatic carbocycles. The van der Waals surface area contributed by atoms with Gasteiger partial charge in [-0.1, -0.05) is 64.7 Å². The van der Waals surface area contributed by atoms with E-state index in [0.29, 0.717) is 6.42 Å². The summed E-state index contributed by atoms with van der Waals surface area (Å²) >= 11 is 0. The summed E-state index contributed by atoms with van der Waals surface area (Å²) < 4.78 is 0. The number of aliphatic carboxylic acids is 1. The largest absolute Gasteiger partial charge is 0.508 e. The predicted molar refractivity (Wildman–Crippen MR) is 118 cm³/mol. The number of rotatable bonds is 15. The van der Waals surface area contributed by atoms with Crippen LogP contribution in [0.2, 0.25) is 0 Å². The number of phenols is 3. The molecule has 0 bridgehead atoms. The van der Waals surface area contributed by atoms with Crippen molar-refractivity contribution in [2.24, 2.45) is 0 Å². The second kappa shape index (κ2) is 17.2. The fourth-order valence-electron chi connectivity index (χ4n) is 3.13. The molecule has 0 heterocycles. The van der Waals surface area contributed by atoms with E-state index in [-0.39, 0.29) is 6.10 Å². The summed E-state index contributed by atoms with van der Waals surface area (Å²) in [7, 11) is 0. The molecule has 0 radical (unpaired) electrons. The molecule has 0 aliphatic rings. The third kappa shape index (κ3) is 15.0. The molecule has 1 atom stereocenters. The molecule has 1 aromatic rings. The molecule has 6 N–H and O–H groups in total. The number of aromatic carboxylic acids is 1. The molecule has 0 fully saturated rings. The van der Waals surface area contributed by atoms with Gasteiger partial charge in [-0.05, 0) is 19.3 Å². The minimum atomic E-state index is -1.45. The van der Waals surface area contributed by atoms with Crippen molar-refractivity contribution in [1.82, 2.24) is 0 Å². The number of aliphatic hydroxyl groups excluding tert-OH is 1. The van der Waals surface area contributed by atoms with Crippen LogP contribution in [0.1, 0.15) is 101 Å². The number of phenolic OH excluding ortho intramolecular Hbond substituents is 1. The number of aromatic hydroxyl groups is 3. The highest BCUT2D eigenvalue weighted by molar-refractivity contribution is 5.94. The van der Waals surface area contributed by atoms with Crippen molar-refractivity contribution in [3.05, 3.63) is 17.7 Å². The van der Waals surface area contributed by atoms with E-state index < -0.39 is 34.8 Å². The van der Waals surface area contributed by atoms with Gasteiger partial charge in [-0.25, -0.2) is 4.79 Å². The first kappa shape index (κ1) is 28.5. The Morgan fingerprint density at radius 3 is 1.68 bits per heavy atom. The SMILES string of the molecule is CCCCC[C@H](O)CCCCCCCCCC(=O)O.O=C(O)c1c(O)cc(O)cc1O. The van der Waals surface area contributed by atoms with E-state index in [1.54, 1.807) is 0 Å². The Labute approximate surface area is 184 Å². The average molecular weight is 443 g/mol. The van der Waals surface area contributed by atoms with Crippen molar-refractivity contribution in [2.75, 3.05) is 0 Å². The van der Waals surface area contributed by atoms with Crippen LogP contribution in [0, 0.1) is 0 Å². The van der Waals surface area contributed by atoms with Crippen molar-refractivity contribution >= 4 is 11.9 Å². The summed E-state index contributed by atoms with van der Waals surface area (Å²) in [6.07, 6.45) is 13.5. The molecular weight excluding hydrogens is 404 g/mol. The second-order valence-corrected chi connectivity index (χ2v) is 7.72. The number of carboxylic acids is 2. The Morgan fingerprint density at radius 2 is 1.23 bits per heavy atom. The molecule has 0 saturated carbocycles. The van der Waals surface area contributed by atoms with Crippen LogP contribution >= 0.6 is 0 Å². The zero-order valence-electron chi connectivity index (χ0n) is 18.4. The van der Waals surface area contributed by atoms with Gasteiger partial charge in [-0.3, -0.25) is 4.79 Å². The number of carbonyl (C=O) groups is 2. The third-order valence-electron chi connectivity index (χ3n) is 4.86. The van der Waals surface area contributed by atoms with E-state index >= 15 is 0 Å². The molecule has 0 aliphatic heterocycles. The topological polar surface area (TPSA) is 156 Å². The number of carboxylic acid groups (broad SMARTS) is 2. The maximum Gasteiger partial charge on any atom is 0.343 e. The Hall–Kier alpha value is -2.48. The Morgan fingerprint density at radius 1 is 0.774 bits per heavy atom. The van der Waals surface area contributed by atoms with Crippen LogP contribution in [0.15, 0.2) is 12.1 Å². The molecule has 1 rings (SSSR count). The van der Waals surface area contributed by atoms with E-state index in [1.165, 1.54) is 32.1 Å². The van der Waals surface area contributed by atoms with Gasteiger partial charge in [-0.2, -0.15) is 0 Å². The minimum absolute atomic E-state index is 0.0953. The van der Waals surface area contributed by atoms with Gasteiger partial charge < -0.3 is 30.6 Å². The fraction of sp³-hybridized carbons (Fsp3) is 0.652. The molecule has 8 nitrogen and oxygen atoms in total. The molecule has 0 aromatic heterocycles. The molecule has 31 heavy (non-hydrogen) atoms. The van der Waals surface area contributed by atoms with Crippen molar-refractivity contribution in [2.45, 2.75) is 96.5 Å². The Balaban J connectivity index is 0.000000639. The van der Waals surface area contributed by atoms with Gasteiger partial charge in [0.2, 0.25) is 0 Å². The minimum Gasteiger partial charge on any atom is -0.508 e. The van der Waals surface area contributed by atoms with Crippen molar-refractivity contribution in [3.63, 3.8) is 0 Å². The molecule has 0 saturated heterocycles. The van der Waals surface area contributed by atoms with E-state index in [4.69, 9.17) is 25.5 Å². The van der Waals surface area contributed by atoms with Crippen molar-refractivity contribution < 1.29 is 40.2 Å². The van der Waals surface area contributed by atoms with Crippen LogP contribution in [0.25, 0.3) is 0 Å². The lowest BCUT2D eigenvalue weighted by molar-refractivity contribution is -0.137. The molecule has 0 spiro atoms. The number of unbranched alkanes of at least 4 members (excludes halogenated alkanes) is 8. The molecule has 178 valence electrons. The smallest absolute Gasteiger partial charge is 0.343 e. The highest BCUT2D eigenvalue weighted by Crippen LogP contribution is 2.31. The van der Waals surface area contributed by atoms with Crippen LogP contribution in [-0.4, -0.2) is 48.7 Å². The van der Waals surface area contributed by atoms with E-state index in [9.17, 15) is 14.7 Å². The maximum atomic E-state index is 10.4.